The number of hydrogen-bond donors (Lipinski definition) is 8. The number of nitrogens with one attached hydrogen (secondary N) is 2. The Kier molecular flexibility index (Phi) is 20.4. The van der Waals surface area contributed by atoms with Crippen LogP contribution >= 0.6 is 45.1 Å². The molecule has 5 unspecified atom stereocenters. The number of hydrogen-bond acceptors (Lipinski definition) is 18. The quantitative estimate of drug-likeness (QED) is 0.0222. The summed E-state index contributed by atoms with van der Waals surface area (Å²) >= 11 is 0. The maximum atomic E-state index is 13.4. The van der Waals surface area contributed by atoms with Crippen LogP contribution in [-0.2, 0) is 45.8 Å². The third kappa shape index (κ3) is 17.3. The molecule has 1 saturated heterocycles. The van der Waals surface area contributed by atoms with Gasteiger partial charge in [0.05, 0.1) is 30.9 Å². The predicted molar refractivity (Wildman–Crippen MR) is 236 cm³/mol. The zero-order chi connectivity index (χ0) is 48.0. The van der Waals surface area contributed by atoms with Gasteiger partial charge in [0.25, 0.3) is 5.56 Å². The van der Waals surface area contributed by atoms with Crippen LogP contribution in [0, 0.1) is 11.8 Å². The van der Waals surface area contributed by atoms with E-state index in [1.165, 1.54) is 12.1 Å². The van der Waals surface area contributed by atoms with E-state index in [2.05, 4.69) is 30.8 Å². The van der Waals surface area contributed by atoms with Gasteiger partial charge in [0.1, 0.15) is 24.0 Å². The Bertz CT molecular complexity index is 2490. The van der Waals surface area contributed by atoms with Gasteiger partial charge in [-0.15, -0.1) is 0 Å². The monoisotopic (exact) mass is 1010 g/mol. The van der Waals surface area contributed by atoms with Gasteiger partial charge in [0, 0.05) is 42.6 Å². The lowest BCUT2D eigenvalue weighted by molar-refractivity contribution is -0.121. The van der Waals surface area contributed by atoms with Gasteiger partial charge in [-0.25, -0.2) is 28.1 Å². The highest BCUT2D eigenvalue weighted by molar-refractivity contribution is 8.76. The Hall–Kier alpha value is -3.92. The van der Waals surface area contributed by atoms with Crippen LogP contribution in [0.3, 0.4) is 0 Å². The smallest absolute Gasteiger partial charge is 0.462 e. The normalized spacial score (nSPS) is 18.9. The van der Waals surface area contributed by atoms with Gasteiger partial charge in [0.2, 0.25) is 5.91 Å². The molecule has 2 heterocycles. The summed E-state index contributed by atoms with van der Waals surface area (Å²) in [4.78, 5) is 104. The standard InChI is InChI=1S/C37H48N5O18P3S2/c1-23(39)26-11-3-5-13-28(26)36(46)58-30-20-33(57-31(30)22-56-62(51,52)60-63(53,54)59-61(48,49)50)42-21-25(34(44)41-37(42)47)10-9-17-40-32(43)15-7-8-18-55-35(45)29-14-6-4-12-27(29)24(2)65-64-19-16-38/h3-6,11-14,21,23-24,30-31,33H,7-8,15-20,22,38-39H2,1-2H3,(H,40,43)(H,51,52)(H,53,54)(H,41,44,47)(H2,48,49,50)/t23?,24?,30-,31?,33-/m1/s1. The lowest BCUT2D eigenvalue weighted by Crippen LogP contribution is -2.34. The summed E-state index contributed by atoms with van der Waals surface area (Å²) in [7, 11) is -14.0. The number of phosphoric acid groups is 3. The summed E-state index contributed by atoms with van der Waals surface area (Å²) in [5.41, 5.74) is 11.1. The largest absolute Gasteiger partial charge is 0.490 e. The van der Waals surface area contributed by atoms with Crippen molar-refractivity contribution in [2.24, 2.45) is 11.5 Å². The average molecular weight is 1010 g/mol. The van der Waals surface area contributed by atoms with Crippen molar-refractivity contribution in [2.75, 3.05) is 32.1 Å². The van der Waals surface area contributed by atoms with Crippen LogP contribution in [0.25, 0.3) is 0 Å². The molecule has 0 bridgehead atoms. The maximum Gasteiger partial charge on any atom is 0.490 e. The molecule has 0 saturated carbocycles. The summed E-state index contributed by atoms with van der Waals surface area (Å²) < 4.78 is 65.4. The number of amides is 1. The first-order valence-electron chi connectivity index (χ1n) is 19.4. The van der Waals surface area contributed by atoms with Gasteiger partial charge in [-0.2, -0.15) is 8.62 Å². The van der Waals surface area contributed by atoms with Crippen molar-refractivity contribution in [2.45, 2.75) is 69.3 Å². The number of esters is 2. The van der Waals surface area contributed by atoms with E-state index in [1.807, 2.05) is 19.1 Å². The van der Waals surface area contributed by atoms with Crippen molar-refractivity contribution in [3.05, 3.63) is 103 Å². The molecule has 0 radical (unpaired) electrons. The molecular formula is C37H48N5O18P3S2. The molecule has 7 atom stereocenters. The molecule has 3 aromatic rings. The third-order valence-corrected chi connectivity index (χ3v) is 15.5. The Morgan fingerprint density at radius 2 is 1.63 bits per heavy atom. The highest BCUT2D eigenvalue weighted by atomic mass is 33.1. The van der Waals surface area contributed by atoms with Crippen molar-refractivity contribution in [1.29, 1.82) is 0 Å². The average Bonchev–Trinajstić information content (AvgIpc) is 3.62. The van der Waals surface area contributed by atoms with E-state index in [0.29, 0.717) is 30.5 Å². The molecule has 356 valence electrons. The zero-order valence-electron chi connectivity index (χ0n) is 34.7. The van der Waals surface area contributed by atoms with E-state index < -0.39 is 77.7 Å². The second kappa shape index (κ2) is 24.7. The number of rotatable bonds is 23. The molecule has 1 aromatic heterocycles. The molecule has 23 nitrogen and oxygen atoms in total. The van der Waals surface area contributed by atoms with E-state index in [9.17, 15) is 47.5 Å². The Morgan fingerprint density at radius 1 is 0.969 bits per heavy atom. The fourth-order valence-corrected chi connectivity index (χ4v) is 11.2. The topological polar surface area (TPSA) is 358 Å². The summed E-state index contributed by atoms with van der Waals surface area (Å²) in [5.74, 6) is 4.16. The van der Waals surface area contributed by atoms with E-state index in [1.54, 1.807) is 52.8 Å². The van der Waals surface area contributed by atoms with Crippen LogP contribution < -0.4 is 28.0 Å². The molecule has 1 aliphatic rings. The highest BCUT2D eigenvalue weighted by Gasteiger charge is 2.44. The summed E-state index contributed by atoms with van der Waals surface area (Å²) in [6, 6.07) is 12.7. The molecule has 28 heteroatoms. The number of aromatic nitrogens is 2. The highest BCUT2D eigenvalue weighted by Crippen LogP contribution is 2.66. The van der Waals surface area contributed by atoms with Gasteiger partial charge in [-0.05, 0) is 49.9 Å². The third-order valence-electron chi connectivity index (χ3n) is 8.87. The fraction of sp³-hybridized carbons (Fsp3) is 0.432. The summed E-state index contributed by atoms with van der Waals surface area (Å²) in [6.45, 7) is 2.99. The molecule has 0 spiro atoms. The van der Waals surface area contributed by atoms with Gasteiger partial charge in [-0.1, -0.05) is 69.8 Å². The minimum atomic E-state index is -5.88. The van der Waals surface area contributed by atoms with Crippen molar-refractivity contribution in [3.63, 3.8) is 0 Å². The lowest BCUT2D eigenvalue weighted by Gasteiger charge is -2.21. The molecule has 1 fully saturated rings. The molecule has 10 N–H and O–H groups in total. The van der Waals surface area contributed by atoms with Crippen LogP contribution in [0.2, 0.25) is 0 Å². The number of carbonyl (C=O) groups excluding carboxylic acids is 3. The first-order valence-corrected chi connectivity index (χ1v) is 26.3. The number of phosphoric ester groups is 1. The Morgan fingerprint density at radius 3 is 2.29 bits per heavy atom. The maximum absolute atomic E-state index is 13.4. The van der Waals surface area contributed by atoms with E-state index >= 15 is 0 Å². The van der Waals surface area contributed by atoms with Gasteiger partial charge in [0.15, 0.2) is 0 Å². The fourth-order valence-electron chi connectivity index (χ4n) is 5.97. The molecule has 2 aromatic carbocycles. The lowest BCUT2D eigenvalue weighted by atomic mass is 10.0. The number of H-pyrrole nitrogens is 1. The summed E-state index contributed by atoms with van der Waals surface area (Å²) in [6.07, 6.45) is -2.76. The second-order valence-electron chi connectivity index (χ2n) is 13.9. The van der Waals surface area contributed by atoms with Crippen LogP contribution in [0.1, 0.15) is 94.5 Å². The molecule has 1 amide bonds. The van der Waals surface area contributed by atoms with Gasteiger partial charge in [-0.3, -0.25) is 23.7 Å². The number of aromatic amines is 1. The number of nitrogens with two attached hydrogens (primary N) is 2. The predicted octanol–water partition coefficient (Wildman–Crippen LogP) is 3.31. The SMILES string of the molecule is CC(N)c1ccccc1C(=O)O[C@@H]1C[C@H](n2cc(C#CCNC(=O)CCCCOC(=O)c3ccccc3C(C)SSCCN)c(=O)[nH]c2=O)OC1COP(=O)(O)OP(=O)(O)OP(=O)(O)O. The van der Waals surface area contributed by atoms with E-state index in [0.717, 1.165) is 22.1 Å². The van der Waals surface area contributed by atoms with Crippen LogP contribution in [0.4, 0.5) is 0 Å². The number of benzene rings is 2. The summed E-state index contributed by atoms with van der Waals surface area (Å²) in [5, 5.41) is 2.61. The molecule has 65 heavy (non-hydrogen) atoms. The Balaban J connectivity index is 1.37. The minimum absolute atomic E-state index is 0.0270. The zero-order valence-corrected chi connectivity index (χ0v) is 39.0. The number of ether oxygens (including phenoxy) is 3. The van der Waals surface area contributed by atoms with Crippen molar-refractivity contribution in [3.8, 4) is 11.8 Å². The molecule has 0 aliphatic carbocycles. The van der Waals surface area contributed by atoms with Crippen LogP contribution in [0.15, 0.2) is 64.3 Å². The molecular weight excluding hydrogens is 959 g/mol. The van der Waals surface area contributed by atoms with E-state index in [4.69, 9.17) is 40.0 Å². The Labute approximate surface area is 379 Å². The van der Waals surface area contributed by atoms with Crippen molar-refractivity contribution >= 4 is 62.9 Å². The second-order valence-corrected chi connectivity index (χ2v) is 21.1. The molecule has 1 aliphatic heterocycles. The van der Waals surface area contributed by atoms with E-state index in [-0.39, 0.29) is 48.3 Å². The number of carbonyl (C=O) groups is 3. The number of nitrogens with zero attached hydrogens (tertiary/aromatic N) is 1. The van der Waals surface area contributed by atoms with Crippen molar-refractivity contribution < 1.29 is 75.0 Å². The minimum Gasteiger partial charge on any atom is -0.462 e. The van der Waals surface area contributed by atoms with Gasteiger partial charge < -0.3 is 50.6 Å². The van der Waals surface area contributed by atoms with Crippen molar-refractivity contribution in [1.82, 2.24) is 14.9 Å². The first kappa shape index (κ1) is 53.7. The number of unbranched alkanes of at least 4 members (excludes halogenated alkanes) is 1. The van der Waals surface area contributed by atoms with Gasteiger partial charge >= 0.3 is 41.1 Å². The first-order chi connectivity index (χ1) is 30.6. The molecule has 4 rings (SSSR count). The van der Waals surface area contributed by atoms with Crippen LogP contribution in [-0.4, -0.2) is 91.2 Å². The van der Waals surface area contributed by atoms with Crippen LogP contribution in [0.5, 0.6) is 0 Å².